The number of hydrogen-bond donors (Lipinski definition) is 0. The van der Waals surface area contributed by atoms with Crippen molar-refractivity contribution in [2.24, 2.45) is 0 Å². The van der Waals surface area contributed by atoms with Gasteiger partial charge in [0.1, 0.15) is 5.82 Å². The molecule has 0 aliphatic carbocycles. The molecule has 0 saturated carbocycles. The van der Waals surface area contributed by atoms with E-state index in [2.05, 4.69) is 9.97 Å². The second kappa shape index (κ2) is 4.18. The first-order chi connectivity index (χ1) is 7.58. The molecular formula is C12H10ClFN2. The van der Waals surface area contributed by atoms with Gasteiger partial charge in [-0.25, -0.2) is 14.4 Å². The molecule has 1 aromatic carbocycles. The van der Waals surface area contributed by atoms with Gasteiger partial charge in [0.15, 0.2) is 0 Å². The van der Waals surface area contributed by atoms with Crippen LogP contribution < -0.4 is 0 Å². The Labute approximate surface area is 98.1 Å². The molecular weight excluding hydrogens is 227 g/mol. The van der Waals surface area contributed by atoms with Crippen molar-refractivity contribution < 1.29 is 4.39 Å². The zero-order valence-corrected chi connectivity index (χ0v) is 9.72. The zero-order valence-electron chi connectivity index (χ0n) is 8.96. The van der Waals surface area contributed by atoms with Gasteiger partial charge < -0.3 is 0 Å². The summed E-state index contributed by atoms with van der Waals surface area (Å²) >= 11 is 5.69. The Morgan fingerprint density at radius 2 is 2.00 bits per heavy atom. The van der Waals surface area contributed by atoms with Crippen LogP contribution in [0.15, 0.2) is 24.4 Å². The van der Waals surface area contributed by atoms with Gasteiger partial charge in [-0.3, -0.25) is 0 Å². The van der Waals surface area contributed by atoms with Gasteiger partial charge in [0, 0.05) is 11.8 Å². The van der Waals surface area contributed by atoms with E-state index in [9.17, 15) is 4.39 Å². The molecule has 2 rings (SSSR count). The molecule has 1 heterocycles. The summed E-state index contributed by atoms with van der Waals surface area (Å²) < 4.78 is 13.8. The first kappa shape index (κ1) is 11.0. The summed E-state index contributed by atoms with van der Waals surface area (Å²) in [4.78, 5) is 7.78. The van der Waals surface area contributed by atoms with Crippen LogP contribution in [0.25, 0.3) is 11.3 Å². The molecule has 0 fully saturated rings. The van der Waals surface area contributed by atoms with Crippen molar-refractivity contribution in [2.75, 3.05) is 0 Å². The lowest BCUT2D eigenvalue weighted by atomic mass is 10.0. The minimum atomic E-state index is -0.285. The van der Waals surface area contributed by atoms with Gasteiger partial charge >= 0.3 is 0 Å². The average molecular weight is 237 g/mol. The van der Waals surface area contributed by atoms with Crippen LogP contribution in [0.5, 0.6) is 0 Å². The fourth-order valence-corrected chi connectivity index (χ4v) is 1.86. The second-order valence-corrected chi connectivity index (χ2v) is 3.99. The third-order valence-corrected chi connectivity index (χ3v) is 2.50. The highest BCUT2D eigenvalue weighted by molar-refractivity contribution is 6.28. The third-order valence-electron chi connectivity index (χ3n) is 2.31. The lowest BCUT2D eigenvalue weighted by molar-refractivity contribution is 0.628. The molecule has 0 amide bonds. The Morgan fingerprint density at radius 3 is 2.62 bits per heavy atom. The number of aromatic nitrogens is 2. The molecule has 0 atom stereocenters. The van der Waals surface area contributed by atoms with Crippen molar-refractivity contribution >= 4 is 11.6 Å². The summed E-state index contributed by atoms with van der Waals surface area (Å²) in [5.41, 5.74) is 2.72. The summed E-state index contributed by atoms with van der Waals surface area (Å²) in [6.45, 7) is 3.70. The monoisotopic (exact) mass is 236 g/mol. The number of hydrogen-bond acceptors (Lipinski definition) is 2. The highest BCUT2D eigenvalue weighted by Crippen LogP contribution is 2.26. The van der Waals surface area contributed by atoms with Gasteiger partial charge in [-0.05, 0) is 48.7 Å². The maximum Gasteiger partial charge on any atom is 0.222 e. The molecule has 0 radical (unpaired) electrons. The first-order valence-electron chi connectivity index (χ1n) is 4.83. The van der Waals surface area contributed by atoms with E-state index in [1.807, 2.05) is 19.9 Å². The predicted octanol–water partition coefficient (Wildman–Crippen LogP) is 3.55. The molecule has 2 aromatic rings. The SMILES string of the molecule is Cc1cc(C)c(-c2ccnc(Cl)n2)c(F)c1. The van der Waals surface area contributed by atoms with Gasteiger partial charge in [-0.15, -0.1) is 0 Å². The van der Waals surface area contributed by atoms with Crippen LogP contribution in [-0.2, 0) is 0 Å². The Morgan fingerprint density at radius 1 is 1.25 bits per heavy atom. The second-order valence-electron chi connectivity index (χ2n) is 3.65. The lowest BCUT2D eigenvalue weighted by Gasteiger charge is -2.07. The van der Waals surface area contributed by atoms with Gasteiger partial charge in [0.25, 0.3) is 0 Å². The van der Waals surface area contributed by atoms with E-state index in [4.69, 9.17) is 11.6 Å². The predicted molar refractivity (Wildman–Crippen MR) is 61.9 cm³/mol. The summed E-state index contributed by atoms with van der Waals surface area (Å²) in [5, 5.41) is 0.122. The fourth-order valence-electron chi connectivity index (χ4n) is 1.71. The fraction of sp³-hybridized carbons (Fsp3) is 0.167. The summed E-state index contributed by atoms with van der Waals surface area (Å²) in [6, 6.07) is 5.04. The summed E-state index contributed by atoms with van der Waals surface area (Å²) in [5.74, 6) is -0.285. The van der Waals surface area contributed by atoms with Gasteiger partial charge in [-0.1, -0.05) is 6.07 Å². The molecule has 1 aromatic heterocycles. The van der Waals surface area contributed by atoms with Crippen LogP contribution in [0.2, 0.25) is 5.28 Å². The van der Waals surface area contributed by atoms with E-state index >= 15 is 0 Å². The molecule has 0 spiro atoms. The van der Waals surface area contributed by atoms with E-state index in [0.29, 0.717) is 11.3 Å². The summed E-state index contributed by atoms with van der Waals surface area (Å²) in [6.07, 6.45) is 1.52. The molecule has 0 aliphatic heterocycles. The van der Waals surface area contributed by atoms with Crippen LogP contribution in [0.4, 0.5) is 4.39 Å². The number of nitrogens with zero attached hydrogens (tertiary/aromatic N) is 2. The normalized spacial score (nSPS) is 10.5. The van der Waals surface area contributed by atoms with E-state index in [0.717, 1.165) is 11.1 Å². The molecule has 4 heteroatoms. The molecule has 0 aliphatic rings. The van der Waals surface area contributed by atoms with E-state index < -0.39 is 0 Å². The van der Waals surface area contributed by atoms with Crippen molar-refractivity contribution in [3.8, 4) is 11.3 Å². The molecule has 0 unspecified atom stereocenters. The Hall–Kier alpha value is -1.48. The number of aryl methyl sites for hydroxylation is 2. The Bertz CT molecular complexity index is 517. The Balaban J connectivity index is 2.64. The van der Waals surface area contributed by atoms with Crippen LogP contribution in [0, 0.1) is 19.7 Å². The minimum absolute atomic E-state index is 0.122. The molecule has 2 nitrogen and oxygen atoms in total. The van der Waals surface area contributed by atoms with E-state index in [1.54, 1.807) is 6.07 Å². The number of halogens is 2. The smallest absolute Gasteiger partial charge is 0.222 e. The lowest BCUT2D eigenvalue weighted by Crippen LogP contribution is -1.94. The van der Waals surface area contributed by atoms with Crippen molar-refractivity contribution in [3.63, 3.8) is 0 Å². The van der Waals surface area contributed by atoms with Crippen LogP contribution in [-0.4, -0.2) is 9.97 Å². The third kappa shape index (κ3) is 2.04. The quantitative estimate of drug-likeness (QED) is 0.708. The van der Waals surface area contributed by atoms with Crippen molar-refractivity contribution in [3.05, 3.63) is 46.6 Å². The molecule has 0 saturated heterocycles. The van der Waals surface area contributed by atoms with Gasteiger partial charge in [0.05, 0.1) is 5.69 Å². The molecule has 16 heavy (non-hydrogen) atoms. The maximum atomic E-state index is 13.8. The van der Waals surface area contributed by atoms with Crippen molar-refractivity contribution in [2.45, 2.75) is 13.8 Å². The molecule has 0 N–H and O–H groups in total. The minimum Gasteiger partial charge on any atom is -0.226 e. The topological polar surface area (TPSA) is 25.8 Å². The van der Waals surface area contributed by atoms with Gasteiger partial charge in [-0.2, -0.15) is 0 Å². The standard InChI is InChI=1S/C12H10ClFN2/c1-7-5-8(2)11(9(14)6-7)10-3-4-15-12(13)16-10/h3-6H,1-2H3. The largest absolute Gasteiger partial charge is 0.226 e. The Kier molecular flexibility index (Phi) is 2.88. The zero-order chi connectivity index (χ0) is 11.7. The first-order valence-corrected chi connectivity index (χ1v) is 5.21. The number of benzene rings is 1. The van der Waals surface area contributed by atoms with Crippen molar-refractivity contribution in [1.82, 2.24) is 9.97 Å². The molecule has 82 valence electrons. The van der Waals surface area contributed by atoms with Crippen molar-refractivity contribution in [1.29, 1.82) is 0 Å². The van der Waals surface area contributed by atoms with Gasteiger partial charge in [0.2, 0.25) is 5.28 Å². The van der Waals surface area contributed by atoms with Crippen LogP contribution >= 0.6 is 11.6 Å². The maximum absolute atomic E-state index is 13.8. The highest BCUT2D eigenvalue weighted by atomic mass is 35.5. The number of rotatable bonds is 1. The van der Waals surface area contributed by atoms with E-state index in [-0.39, 0.29) is 11.1 Å². The van der Waals surface area contributed by atoms with E-state index in [1.165, 1.54) is 12.3 Å². The van der Waals surface area contributed by atoms with Crippen LogP contribution in [0.3, 0.4) is 0 Å². The molecule has 0 bridgehead atoms. The summed E-state index contributed by atoms with van der Waals surface area (Å²) in [7, 11) is 0. The average Bonchev–Trinajstić information content (AvgIpc) is 2.15. The highest BCUT2D eigenvalue weighted by Gasteiger charge is 2.11. The van der Waals surface area contributed by atoms with Crippen LogP contribution in [0.1, 0.15) is 11.1 Å².